The lowest BCUT2D eigenvalue weighted by molar-refractivity contribution is 0.200. The number of rotatable bonds is 5. The molecule has 0 spiro atoms. The minimum absolute atomic E-state index is 0.0828. The molecule has 0 amide bonds. The fraction of sp³-hybridized carbons (Fsp3) is 0.429. The van der Waals surface area contributed by atoms with Crippen LogP contribution in [0.5, 0.6) is 17.4 Å². The van der Waals surface area contributed by atoms with Gasteiger partial charge < -0.3 is 19.9 Å². The number of aryl methyl sites for hydroxylation is 1. The number of nitriles is 1. The Morgan fingerprint density at radius 3 is 2.79 bits per heavy atom. The zero-order chi connectivity index (χ0) is 19.7. The molecule has 0 radical (unpaired) electrons. The highest BCUT2D eigenvalue weighted by Gasteiger charge is 2.35. The Kier molecular flexibility index (Phi) is 4.86. The summed E-state index contributed by atoms with van der Waals surface area (Å²) in [6.45, 7) is 2.03. The molecular weight excluding hydrogens is 356 g/mol. The number of nitrogens with one attached hydrogen (secondary N) is 1. The van der Waals surface area contributed by atoms with E-state index in [0.717, 1.165) is 41.8 Å². The van der Waals surface area contributed by atoms with Gasteiger partial charge in [-0.1, -0.05) is 13.0 Å². The highest BCUT2D eigenvalue weighted by Crippen LogP contribution is 2.45. The van der Waals surface area contributed by atoms with Crippen molar-refractivity contribution in [3.63, 3.8) is 0 Å². The standard InChI is InChI=1S/C21H24N4O3/c1-3-15-19-18(14(11-22)20(23)28-21(19)25-24-15)12-8-9-16(17(10-12)26-2)27-13-6-4-5-7-13/h8-10,13,18H,3-7,23H2,1-2H3,(H,24,25)/t18-/m1/s1. The van der Waals surface area contributed by atoms with Crippen molar-refractivity contribution < 1.29 is 14.2 Å². The molecule has 1 aliphatic heterocycles. The van der Waals surface area contributed by atoms with Gasteiger partial charge in [-0.2, -0.15) is 5.26 Å². The van der Waals surface area contributed by atoms with Gasteiger partial charge in [0, 0.05) is 11.3 Å². The summed E-state index contributed by atoms with van der Waals surface area (Å²) in [4.78, 5) is 0. The van der Waals surface area contributed by atoms with Gasteiger partial charge in [0.1, 0.15) is 11.6 Å². The number of hydrogen-bond acceptors (Lipinski definition) is 6. The molecule has 146 valence electrons. The number of allylic oxidation sites excluding steroid dienone is 1. The summed E-state index contributed by atoms with van der Waals surface area (Å²) in [6, 6.07) is 8.01. The van der Waals surface area contributed by atoms with E-state index >= 15 is 0 Å². The van der Waals surface area contributed by atoms with Gasteiger partial charge in [-0.05, 0) is 49.8 Å². The third-order valence-corrected chi connectivity index (χ3v) is 5.49. The zero-order valence-corrected chi connectivity index (χ0v) is 16.1. The van der Waals surface area contributed by atoms with E-state index in [-0.39, 0.29) is 17.9 Å². The van der Waals surface area contributed by atoms with E-state index in [1.54, 1.807) is 7.11 Å². The summed E-state index contributed by atoms with van der Waals surface area (Å²) in [5.74, 6) is 1.51. The maximum Gasteiger partial charge on any atom is 0.244 e. The van der Waals surface area contributed by atoms with Gasteiger partial charge in [-0.25, -0.2) is 0 Å². The second-order valence-corrected chi connectivity index (χ2v) is 7.13. The quantitative estimate of drug-likeness (QED) is 0.822. The molecule has 2 heterocycles. The lowest BCUT2D eigenvalue weighted by Gasteiger charge is -2.25. The average Bonchev–Trinajstić information content (AvgIpc) is 3.36. The van der Waals surface area contributed by atoms with Crippen molar-refractivity contribution in [2.45, 2.75) is 51.0 Å². The van der Waals surface area contributed by atoms with Gasteiger partial charge in [-0.15, -0.1) is 5.10 Å². The number of nitrogens with zero attached hydrogens (tertiary/aromatic N) is 2. The SMILES string of the molecule is CCc1[nH]nc2c1[C@H](c1ccc(OC3CCCC3)c(OC)c1)C(C#N)=C(N)O2. The van der Waals surface area contributed by atoms with Crippen LogP contribution >= 0.6 is 0 Å². The number of nitrogens with two attached hydrogens (primary N) is 1. The van der Waals surface area contributed by atoms with Crippen molar-refractivity contribution in [3.8, 4) is 23.4 Å². The van der Waals surface area contributed by atoms with E-state index in [4.69, 9.17) is 19.9 Å². The van der Waals surface area contributed by atoms with Crippen molar-refractivity contribution >= 4 is 0 Å². The molecule has 2 aliphatic rings. The summed E-state index contributed by atoms with van der Waals surface area (Å²) < 4.78 is 17.3. The molecular formula is C21H24N4O3. The van der Waals surface area contributed by atoms with Crippen molar-refractivity contribution in [2.75, 3.05) is 7.11 Å². The fourth-order valence-electron chi connectivity index (χ4n) is 4.06. The third-order valence-electron chi connectivity index (χ3n) is 5.49. The summed E-state index contributed by atoms with van der Waals surface area (Å²) in [5.41, 5.74) is 9.04. The average molecular weight is 380 g/mol. The number of benzene rings is 1. The van der Waals surface area contributed by atoms with Crippen LogP contribution in [-0.4, -0.2) is 23.4 Å². The van der Waals surface area contributed by atoms with E-state index in [0.29, 0.717) is 17.2 Å². The Morgan fingerprint density at radius 1 is 1.32 bits per heavy atom. The van der Waals surface area contributed by atoms with E-state index in [1.807, 2.05) is 25.1 Å². The van der Waals surface area contributed by atoms with Crippen LogP contribution in [0.3, 0.4) is 0 Å². The lowest BCUT2D eigenvalue weighted by Crippen LogP contribution is -2.21. The summed E-state index contributed by atoms with van der Waals surface area (Å²) in [6.07, 6.45) is 5.51. The van der Waals surface area contributed by atoms with Crippen molar-refractivity contribution in [3.05, 3.63) is 46.5 Å². The summed E-state index contributed by atoms with van der Waals surface area (Å²) in [5, 5.41) is 17.0. The molecule has 4 rings (SSSR count). The van der Waals surface area contributed by atoms with Gasteiger partial charge in [0.25, 0.3) is 0 Å². The molecule has 1 saturated carbocycles. The maximum absolute atomic E-state index is 9.74. The van der Waals surface area contributed by atoms with Gasteiger partial charge in [0.05, 0.1) is 19.1 Å². The maximum atomic E-state index is 9.74. The van der Waals surface area contributed by atoms with Gasteiger partial charge in [0.2, 0.25) is 11.8 Å². The van der Waals surface area contributed by atoms with Gasteiger partial charge >= 0.3 is 0 Å². The molecule has 2 aromatic rings. The molecule has 3 N–H and O–H groups in total. The predicted molar refractivity (Wildman–Crippen MR) is 103 cm³/mol. The van der Waals surface area contributed by atoms with Crippen LogP contribution in [0.15, 0.2) is 29.7 Å². The number of aromatic amines is 1. The summed E-state index contributed by atoms with van der Waals surface area (Å²) in [7, 11) is 1.63. The Bertz CT molecular complexity index is 951. The number of aromatic nitrogens is 2. The van der Waals surface area contributed by atoms with E-state index in [2.05, 4.69) is 16.3 Å². The van der Waals surface area contributed by atoms with Crippen molar-refractivity contribution in [2.24, 2.45) is 5.73 Å². The molecule has 0 bridgehead atoms. The predicted octanol–water partition coefficient (Wildman–Crippen LogP) is 3.52. The van der Waals surface area contributed by atoms with Crippen LogP contribution in [0.4, 0.5) is 0 Å². The highest BCUT2D eigenvalue weighted by molar-refractivity contribution is 5.57. The van der Waals surface area contributed by atoms with Crippen LogP contribution in [0, 0.1) is 11.3 Å². The largest absolute Gasteiger partial charge is 0.493 e. The molecule has 0 saturated heterocycles. The topological polar surface area (TPSA) is 106 Å². The molecule has 7 heteroatoms. The van der Waals surface area contributed by atoms with Crippen LogP contribution in [0.2, 0.25) is 0 Å². The molecule has 1 aliphatic carbocycles. The van der Waals surface area contributed by atoms with Crippen LogP contribution in [-0.2, 0) is 6.42 Å². The fourth-order valence-corrected chi connectivity index (χ4v) is 4.06. The lowest BCUT2D eigenvalue weighted by atomic mass is 9.83. The Balaban J connectivity index is 1.77. The normalized spacial score (nSPS) is 19.1. The summed E-state index contributed by atoms with van der Waals surface area (Å²) >= 11 is 0. The van der Waals surface area contributed by atoms with Crippen molar-refractivity contribution in [1.82, 2.24) is 10.2 Å². The molecule has 0 unspecified atom stereocenters. The number of hydrogen-bond donors (Lipinski definition) is 2. The first-order chi connectivity index (χ1) is 13.7. The molecule has 1 aromatic carbocycles. The van der Waals surface area contributed by atoms with Crippen LogP contribution in [0.25, 0.3) is 0 Å². The Labute approximate surface area is 164 Å². The van der Waals surface area contributed by atoms with Gasteiger partial charge in [0.15, 0.2) is 11.5 Å². The number of methoxy groups -OCH3 is 1. The second kappa shape index (κ2) is 7.47. The van der Waals surface area contributed by atoms with E-state index in [1.165, 1.54) is 12.8 Å². The highest BCUT2D eigenvalue weighted by atomic mass is 16.5. The number of ether oxygens (including phenoxy) is 3. The third kappa shape index (κ3) is 3.05. The van der Waals surface area contributed by atoms with Crippen molar-refractivity contribution in [1.29, 1.82) is 5.26 Å². The van der Waals surface area contributed by atoms with Crippen LogP contribution in [0.1, 0.15) is 55.3 Å². The number of H-pyrrole nitrogens is 1. The molecule has 7 nitrogen and oxygen atoms in total. The second-order valence-electron chi connectivity index (χ2n) is 7.13. The first-order valence-electron chi connectivity index (χ1n) is 9.65. The first-order valence-corrected chi connectivity index (χ1v) is 9.65. The van der Waals surface area contributed by atoms with Crippen LogP contribution < -0.4 is 19.9 Å². The minimum atomic E-state index is -0.364. The Morgan fingerprint density at radius 2 is 2.11 bits per heavy atom. The zero-order valence-electron chi connectivity index (χ0n) is 16.1. The van der Waals surface area contributed by atoms with E-state index < -0.39 is 0 Å². The molecule has 1 atom stereocenters. The first kappa shape index (κ1) is 18.2. The monoisotopic (exact) mass is 380 g/mol. The molecule has 1 fully saturated rings. The minimum Gasteiger partial charge on any atom is -0.493 e. The Hall–Kier alpha value is -3.14. The molecule has 28 heavy (non-hydrogen) atoms. The van der Waals surface area contributed by atoms with E-state index in [9.17, 15) is 5.26 Å². The smallest absolute Gasteiger partial charge is 0.244 e. The van der Waals surface area contributed by atoms with Gasteiger partial charge in [-0.3, -0.25) is 5.10 Å². The molecule has 1 aromatic heterocycles. The number of fused-ring (bicyclic) bond motifs is 1.